The summed E-state index contributed by atoms with van der Waals surface area (Å²) in [6, 6.07) is 11.9. The summed E-state index contributed by atoms with van der Waals surface area (Å²) in [6.07, 6.45) is -3.93. The second kappa shape index (κ2) is 8.34. The number of benzene rings is 2. The van der Waals surface area contributed by atoms with E-state index < -0.39 is 17.6 Å². The summed E-state index contributed by atoms with van der Waals surface area (Å²) < 4.78 is 58.9. The zero-order valence-corrected chi connectivity index (χ0v) is 15.7. The summed E-state index contributed by atoms with van der Waals surface area (Å²) in [7, 11) is 1.42. The van der Waals surface area contributed by atoms with Gasteiger partial charge in [-0.2, -0.15) is 18.2 Å². The molecule has 0 aliphatic heterocycles. The molecule has 0 aliphatic rings. The lowest BCUT2D eigenvalue weighted by atomic mass is 10.2. The Bertz CT molecular complexity index is 960. The molecule has 0 saturated carbocycles. The molecule has 3 rings (SSSR count). The van der Waals surface area contributed by atoms with Gasteiger partial charge >= 0.3 is 6.18 Å². The predicted molar refractivity (Wildman–Crippen MR) is 102 cm³/mol. The number of aromatic nitrogens is 2. The Kier molecular flexibility index (Phi) is 5.86. The standard InChI is InChI=1S/C20H18F4N4O/c1-3-29-16-10-6-14(7-11-16)26-19-25-12-17(20(22,23)24)18(27-19)28(2)15-8-4-13(21)5-9-15/h4-12H,3H2,1-2H3,(H,25,26,27). The van der Waals surface area contributed by atoms with Gasteiger partial charge in [0.05, 0.1) is 6.61 Å². The van der Waals surface area contributed by atoms with Crippen molar-refractivity contribution >= 4 is 23.1 Å². The second-order valence-electron chi connectivity index (χ2n) is 6.05. The third-order valence-electron chi connectivity index (χ3n) is 4.03. The molecular formula is C20H18F4N4O. The van der Waals surface area contributed by atoms with Crippen molar-refractivity contribution in [1.29, 1.82) is 0 Å². The fraction of sp³-hybridized carbons (Fsp3) is 0.200. The van der Waals surface area contributed by atoms with Crippen LogP contribution >= 0.6 is 0 Å². The van der Waals surface area contributed by atoms with E-state index in [2.05, 4.69) is 15.3 Å². The number of ether oxygens (including phenoxy) is 1. The molecular weight excluding hydrogens is 388 g/mol. The first-order valence-electron chi connectivity index (χ1n) is 8.71. The minimum Gasteiger partial charge on any atom is -0.494 e. The number of anilines is 4. The highest BCUT2D eigenvalue weighted by Crippen LogP contribution is 2.37. The van der Waals surface area contributed by atoms with Gasteiger partial charge in [-0.1, -0.05) is 0 Å². The molecule has 0 radical (unpaired) electrons. The van der Waals surface area contributed by atoms with Gasteiger partial charge in [0.2, 0.25) is 5.95 Å². The fourth-order valence-electron chi connectivity index (χ4n) is 2.61. The van der Waals surface area contributed by atoms with E-state index in [4.69, 9.17) is 4.74 Å². The van der Waals surface area contributed by atoms with Crippen LogP contribution in [-0.4, -0.2) is 23.6 Å². The van der Waals surface area contributed by atoms with Crippen molar-refractivity contribution in [3.05, 3.63) is 66.1 Å². The number of nitrogens with zero attached hydrogens (tertiary/aromatic N) is 3. The summed E-state index contributed by atoms with van der Waals surface area (Å²) in [4.78, 5) is 9.07. The first kappa shape index (κ1) is 20.4. The van der Waals surface area contributed by atoms with Crippen LogP contribution in [0.3, 0.4) is 0 Å². The van der Waals surface area contributed by atoms with Crippen molar-refractivity contribution < 1.29 is 22.3 Å². The molecule has 1 aromatic heterocycles. The minimum absolute atomic E-state index is 0.00822. The molecule has 9 heteroatoms. The van der Waals surface area contributed by atoms with Gasteiger partial charge in [-0.05, 0) is 55.5 Å². The van der Waals surface area contributed by atoms with Gasteiger partial charge in [0.1, 0.15) is 17.1 Å². The molecule has 0 fully saturated rings. The smallest absolute Gasteiger partial charge is 0.421 e. The Hall–Kier alpha value is -3.36. The van der Waals surface area contributed by atoms with Gasteiger partial charge in [-0.25, -0.2) is 9.37 Å². The largest absolute Gasteiger partial charge is 0.494 e. The molecule has 0 atom stereocenters. The van der Waals surface area contributed by atoms with Crippen LogP contribution in [0.15, 0.2) is 54.7 Å². The fourth-order valence-corrected chi connectivity index (χ4v) is 2.61. The Labute approximate surface area is 165 Å². The first-order chi connectivity index (χ1) is 13.8. The lowest BCUT2D eigenvalue weighted by Crippen LogP contribution is -2.19. The number of rotatable bonds is 6. The van der Waals surface area contributed by atoms with E-state index in [1.165, 1.54) is 36.2 Å². The molecule has 0 aliphatic carbocycles. The monoisotopic (exact) mass is 406 g/mol. The van der Waals surface area contributed by atoms with Gasteiger partial charge in [0, 0.05) is 24.6 Å². The second-order valence-corrected chi connectivity index (χ2v) is 6.05. The lowest BCUT2D eigenvalue weighted by Gasteiger charge is -2.22. The Balaban J connectivity index is 1.94. The Morgan fingerprint density at radius 1 is 1.03 bits per heavy atom. The molecule has 5 nitrogen and oxygen atoms in total. The molecule has 3 aromatic rings. The predicted octanol–water partition coefficient (Wildman–Crippen LogP) is 5.54. The summed E-state index contributed by atoms with van der Waals surface area (Å²) in [6.45, 7) is 2.38. The van der Waals surface area contributed by atoms with Gasteiger partial charge in [0.15, 0.2) is 5.82 Å². The Morgan fingerprint density at radius 2 is 1.69 bits per heavy atom. The molecule has 0 unspecified atom stereocenters. The van der Waals surface area contributed by atoms with E-state index >= 15 is 0 Å². The minimum atomic E-state index is -4.65. The molecule has 0 bridgehead atoms. The quantitative estimate of drug-likeness (QED) is 0.545. The highest BCUT2D eigenvalue weighted by Gasteiger charge is 2.36. The van der Waals surface area contributed by atoms with Gasteiger partial charge in [0.25, 0.3) is 0 Å². The normalized spacial score (nSPS) is 11.2. The van der Waals surface area contributed by atoms with Crippen LogP contribution in [0.1, 0.15) is 12.5 Å². The van der Waals surface area contributed by atoms with E-state index in [0.29, 0.717) is 23.7 Å². The van der Waals surface area contributed by atoms with E-state index in [9.17, 15) is 17.6 Å². The maximum absolute atomic E-state index is 13.5. The third-order valence-corrected chi connectivity index (χ3v) is 4.03. The Morgan fingerprint density at radius 3 is 2.28 bits per heavy atom. The van der Waals surface area contributed by atoms with Crippen molar-refractivity contribution in [2.24, 2.45) is 0 Å². The molecule has 1 heterocycles. The SMILES string of the molecule is CCOc1ccc(Nc2ncc(C(F)(F)F)c(N(C)c3ccc(F)cc3)n2)cc1. The van der Waals surface area contributed by atoms with Crippen LogP contribution in [0.2, 0.25) is 0 Å². The topological polar surface area (TPSA) is 50.3 Å². The van der Waals surface area contributed by atoms with E-state index in [0.717, 1.165) is 6.20 Å². The molecule has 2 aromatic carbocycles. The molecule has 29 heavy (non-hydrogen) atoms. The highest BCUT2D eigenvalue weighted by molar-refractivity contribution is 5.65. The summed E-state index contributed by atoms with van der Waals surface area (Å²) >= 11 is 0. The summed E-state index contributed by atoms with van der Waals surface area (Å²) in [5.41, 5.74) is -0.0622. The average Bonchev–Trinajstić information content (AvgIpc) is 2.69. The molecule has 0 saturated heterocycles. The lowest BCUT2D eigenvalue weighted by molar-refractivity contribution is -0.137. The first-order valence-corrected chi connectivity index (χ1v) is 8.71. The van der Waals surface area contributed by atoms with Crippen LogP contribution in [0.25, 0.3) is 0 Å². The van der Waals surface area contributed by atoms with E-state index in [-0.39, 0.29) is 11.8 Å². The maximum Gasteiger partial charge on any atom is 0.421 e. The summed E-state index contributed by atoms with van der Waals surface area (Å²) in [5.74, 6) is -0.180. The molecule has 1 N–H and O–H groups in total. The zero-order valence-electron chi connectivity index (χ0n) is 15.7. The number of halogens is 4. The van der Waals surface area contributed by atoms with Crippen LogP contribution in [0.5, 0.6) is 5.75 Å². The number of hydrogen-bond acceptors (Lipinski definition) is 5. The summed E-state index contributed by atoms with van der Waals surface area (Å²) in [5, 5.41) is 2.88. The van der Waals surface area contributed by atoms with Crippen LogP contribution in [0.4, 0.5) is 40.7 Å². The highest BCUT2D eigenvalue weighted by atomic mass is 19.4. The van der Waals surface area contributed by atoms with Crippen molar-refractivity contribution in [2.75, 3.05) is 23.9 Å². The van der Waals surface area contributed by atoms with Gasteiger partial charge in [-0.3, -0.25) is 0 Å². The van der Waals surface area contributed by atoms with E-state index in [1.54, 1.807) is 24.3 Å². The van der Waals surface area contributed by atoms with Crippen LogP contribution in [-0.2, 0) is 6.18 Å². The van der Waals surface area contributed by atoms with Crippen molar-refractivity contribution in [2.45, 2.75) is 13.1 Å². The molecule has 0 amide bonds. The van der Waals surface area contributed by atoms with E-state index in [1.807, 2.05) is 6.92 Å². The van der Waals surface area contributed by atoms with Crippen LogP contribution in [0, 0.1) is 5.82 Å². The number of hydrogen-bond donors (Lipinski definition) is 1. The average molecular weight is 406 g/mol. The van der Waals surface area contributed by atoms with Crippen molar-refractivity contribution in [3.8, 4) is 5.75 Å². The molecule has 0 spiro atoms. The van der Waals surface area contributed by atoms with Crippen LogP contribution < -0.4 is 15.0 Å². The van der Waals surface area contributed by atoms with Crippen molar-refractivity contribution in [1.82, 2.24) is 9.97 Å². The van der Waals surface area contributed by atoms with Gasteiger partial charge in [-0.15, -0.1) is 0 Å². The number of alkyl halides is 3. The van der Waals surface area contributed by atoms with Gasteiger partial charge < -0.3 is 15.0 Å². The third kappa shape index (κ3) is 4.92. The number of nitrogens with one attached hydrogen (secondary N) is 1. The molecule has 152 valence electrons. The zero-order chi connectivity index (χ0) is 21.0. The van der Waals surface area contributed by atoms with Crippen molar-refractivity contribution in [3.63, 3.8) is 0 Å². The maximum atomic E-state index is 13.5.